The number of halogens is 1. The first-order chi connectivity index (χ1) is 15.9. The van der Waals surface area contributed by atoms with Gasteiger partial charge in [0.1, 0.15) is 24.2 Å². The Labute approximate surface area is 200 Å². The number of hydrogen-bond acceptors (Lipinski definition) is 5. The Morgan fingerprint density at radius 1 is 1.09 bits per heavy atom. The maximum atomic E-state index is 14.4. The van der Waals surface area contributed by atoms with Gasteiger partial charge in [-0.3, -0.25) is 13.9 Å². The highest BCUT2D eigenvalue weighted by molar-refractivity contribution is 7.92. The number of rotatable bonds is 11. The van der Waals surface area contributed by atoms with Gasteiger partial charge >= 0.3 is 0 Å². The van der Waals surface area contributed by atoms with Gasteiger partial charge in [-0.25, -0.2) is 12.8 Å². The molecule has 2 aromatic carbocycles. The Hall–Kier alpha value is -3.14. The van der Waals surface area contributed by atoms with Gasteiger partial charge in [0.2, 0.25) is 21.8 Å². The van der Waals surface area contributed by atoms with Crippen LogP contribution in [0.25, 0.3) is 0 Å². The van der Waals surface area contributed by atoms with Crippen LogP contribution >= 0.6 is 0 Å². The molecule has 34 heavy (non-hydrogen) atoms. The molecule has 0 bridgehead atoms. The lowest BCUT2D eigenvalue weighted by atomic mass is 10.1. The van der Waals surface area contributed by atoms with E-state index in [-0.39, 0.29) is 23.7 Å². The maximum Gasteiger partial charge on any atom is 0.244 e. The van der Waals surface area contributed by atoms with Gasteiger partial charge in [0.05, 0.1) is 19.1 Å². The largest absolute Gasteiger partial charge is 0.497 e. The lowest BCUT2D eigenvalue weighted by Gasteiger charge is -2.31. The molecule has 0 radical (unpaired) electrons. The first kappa shape index (κ1) is 27.1. The van der Waals surface area contributed by atoms with E-state index in [1.54, 1.807) is 18.2 Å². The lowest BCUT2D eigenvalue weighted by molar-refractivity contribution is -0.139. The molecule has 8 nitrogen and oxygen atoms in total. The minimum Gasteiger partial charge on any atom is -0.497 e. The fourth-order valence-corrected chi connectivity index (χ4v) is 4.07. The quantitative estimate of drug-likeness (QED) is 0.519. The molecule has 0 heterocycles. The van der Waals surface area contributed by atoms with E-state index >= 15 is 0 Å². The second kappa shape index (κ2) is 11.8. The normalized spacial score (nSPS) is 12.2. The Morgan fingerprint density at radius 2 is 1.76 bits per heavy atom. The van der Waals surface area contributed by atoms with Crippen molar-refractivity contribution < 1.29 is 27.1 Å². The average Bonchev–Trinajstić information content (AvgIpc) is 2.79. The van der Waals surface area contributed by atoms with Gasteiger partial charge < -0.3 is 15.0 Å². The molecule has 2 amide bonds. The van der Waals surface area contributed by atoms with Crippen LogP contribution in [-0.4, -0.2) is 57.6 Å². The number of sulfonamides is 1. The smallest absolute Gasteiger partial charge is 0.244 e. The number of carbonyl (C=O) groups is 2. The van der Waals surface area contributed by atoms with E-state index in [0.717, 1.165) is 10.6 Å². The first-order valence-electron chi connectivity index (χ1n) is 10.9. The first-order valence-corrected chi connectivity index (χ1v) is 12.7. The Kier molecular flexibility index (Phi) is 9.43. The second-order valence-electron chi connectivity index (χ2n) is 8.40. The molecule has 0 fully saturated rings. The van der Waals surface area contributed by atoms with Crippen LogP contribution in [0.4, 0.5) is 10.1 Å². The van der Waals surface area contributed by atoms with E-state index in [2.05, 4.69) is 5.32 Å². The Bertz CT molecular complexity index is 1110. The molecule has 2 aromatic rings. The van der Waals surface area contributed by atoms with Gasteiger partial charge in [0.15, 0.2) is 0 Å². The molecule has 10 heteroatoms. The van der Waals surface area contributed by atoms with Crippen LogP contribution in [0.5, 0.6) is 5.75 Å². The number of hydrogen-bond donors (Lipinski definition) is 1. The lowest BCUT2D eigenvalue weighted by Crippen LogP contribution is -2.51. The van der Waals surface area contributed by atoms with Crippen molar-refractivity contribution >= 4 is 27.5 Å². The predicted octanol–water partition coefficient (Wildman–Crippen LogP) is 2.79. The summed E-state index contributed by atoms with van der Waals surface area (Å²) in [5.74, 6) is -0.971. The summed E-state index contributed by atoms with van der Waals surface area (Å²) in [6.45, 7) is 5.05. The summed E-state index contributed by atoms with van der Waals surface area (Å²) in [5, 5.41) is 2.77. The van der Waals surface area contributed by atoms with Crippen LogP contribution in [0.15, 0.2) is 48.5 Å². The van der Waals surface area contributed by atoms with Crippen LogP contribution in [0.2, 0.25) is 0 Å². The van der Waals surface area contributed by atoms with E-state index in [1.165, 1.54) is 49.3 Å². The van der Waals surface area contributed by atoms with E-state index in [4.69, 9.17) is 4.74 Å². The van der Waals surface area contributed by atoms with Gasteiger partial charge in [-0.15, -0.1) is 0 Å². The van der Waals surface area contributed by atoms with Crippen LogP contribution < -0.4 is 14.4 Å². The molecule has 1 atom stereocenters. The highest BCUT2D eigenvalue weighted by Gasteiger charge is 2.30. The summed E-state index contributed by atoms with van der Waals surface area (Å²) in [6, 6.07) is 11.3. The van der Waals surface area contributed by atoms with E-state index in [9.17, 15) is 22.4 Å². The van der Waals surface area contributed by atoms with Crippen molar-refractivity contribution in [3.8, 4) is 5.75 Å². The Balaban J connectivity index is 2.39. The minimum atomic E-state index is -3.86. The molecular formula is C24H32FN3O5S. The van der Waals surface area contributed by atoms with Crippen molar-refractivity contribution in [3.05, 3.63) is 59.9 Å². The molecule has 0 aliphatic carbocycles. The number of nitrogens with zero attached hydrogens (tertiary/aromatic N) is 2. The topological polar surface area (TPSA) is 96.0 Å². The average molecular weight is 494 g/mol. The van der Waals surface area contributed by atoms with Crippen molar-refractivity contribution in [2.45, 2.75) is 33.4 Å². The van der Waals surface area contributed by atoms with Crippen molar-refractivity contribution in [1.29, 1.82) is 0 Å². The number of ether oxygens (including phenoxy) is 1. The summed E-state index contributed by atoms with van der Waals surface area (Å²) >= 11 is 0. The summed E-state index contributed by atoms with van der Waals surface area (Å²) in [4.78, 5) is 27.4. The van der Waals surface area contributed by atoms with Crippen molar-refractivity contribution in [2.75, 3.05) is 30.8 Å². The molecule has 0 unspecified atom stereocenters. The molecule has 0 aliphatic heterocycles. The number of carbonyl (C=O) groups excluding carboxylic acids is 2. The van der Waals surface area contributed by atoms with Crippen molar-refractivity contribution in [2.24, 2.45) is 5.92 Å². The molecule has 0 aliphatic rings. The maximum absolute atomic E-state index is 14.4. The molecule has 0 spiro atoms. The number of nitrogens with one attached hydrogen (secondary N) is 1. The van der Waals surface area contributed by atoms with Gasteiger partial charge in [-0.05, 0) is 31.0 Å². The zero-order valence-electron chi connectivity index (χ0n) is 20.1. The number of methoxy groups -OCH3 is 1. The third kappa shape index (κ3) is 7.44. The molecule has 0 aromatic heterocycles. The van der Waals surface area contributed by atoms with Crippen molar-refractivity contribution in [1.82, 2.24) is 10.2 Å². The monoisotopic (exact) mass is 493 g/mol. The summed E-state index contributed by atoms with van der Waals surface area (Å²) in [5.41, 5.74) is 0.449. The van der Waals surface area contributed by atoms with E-state index in [1.807, 2.05) is 13.8 Å². The highest BCUT2D eigenvalue weighted by atomic mass is 32.2. The summed E-state index contributed by atoms with van der Waals surface area (Å²) in [6.07, 6.45) is 0.986. The molecule has 0 saturated heterocycles. The predicted molar refractivity (Wildman–Crippen MR) is 129 cm³/mol. The number of anilines is 1. The van der Waals surface area contributed by atoms with Crippen LogP contribution in [0.1, 0.15) is 26.3 Å². The zero-order valence-corrected chi connectivity index (χ0v) is 20.9. The zero-order chi connectivity index (χ0) is 25.5. The van der Waals surface area contributed by atoms with Crippen molar-refractivity contribution in [3.63, 3.8) is 0 Å². The van der Waals surface area contributed by atoms with Gasteiger partial charge in [0.25, 0.3) is 0 Å². The SMILES string of the molecule is COc1cccc(N(CC(=O)N(Cc2ccccc2F)[C@@H](C)C(=O)NCC(C)C)S(C)(=O)=O)c1. The summed E-state index contributed by atoms with van der Waals surface area (Å²) in [7, 11) is -2.42. The standard InChI is InChI=1S/C24H32FN3O5S/c1-17(2)14-26-24(30)18(3)27(15-19-9-6-7-12-22(19)25)23(29)16-28(34(5,31)32)20-10-8-11-21(13-20)33-4/h6-13,17-18H,14-16H2,1-5H3,(H,26,30)/t18-/m0/s1. The molecular weight excluding hydrogens is 461 g/mol. The second-order valence-corrected chi connectivity index (χ2v) is 10.3. The van der Waals surface area contributed by atoms with Crippen LogP contribution in [0.3, 0.4) is 0 Å². The fraction of sp³-hybridized carbons (Fsp3) is 0.417. The van der Waals surface area contributed by atoms with E-state index in [0.29, 0.717) is 12.3 Å². The third-order valence-electron chi connectivity index (χ3n) is 5.17. The van der Waals surface area contributed by atoms with Gasteiger partial charge in [0, 0.05) is 24.7 Å². The number of amides is 2. The molecule has 1 N–H and O–H groups in total. The van der Waals surface area contributed by atoms with Gasteiger partial charge in [-0.2, -0.15) is 0 Å². The van der Waals surface area contributed by atoms with Crippen LogP contribution in [-0.2, 0) is 26.2 Å². The molecule has 186 valence electrons. The van der Waals surface area contributed by atoms with Gasteiger partial charge in [-0.1, -0.05) is 38.1 Å². The fourth-order valence-electron chi connectivity index (χ4n) is 3.22. The van der Waals surface area contributed by atoms with E-state index < -0.39 is 40.2 Å². The van der Waals surface area contributed by atoms with Crippen LogP contribution in [0, 0.1) is 11.7 Å². The summed E-state index contributed by atoms with van der Waals surface area (Å²) < 4.78 is 45.6. The minimum absolute atomic E-state index is 0.195. The number of benzene rings is 2. The third-order valence-corrected chi connectivity index (χ3v) is 6.31. The molecule has 0 saturated carbocycles. The highest BCUT2D eigenvalue weighted by Crippen LogP contribution is 2.24. The Morgan fingerprint density at radius 3 is 2.35 bits per heavy atom. The molecule has 2 rings (SSSR count).